The maximum atomic E-state index is 13.9. The topological polar surface area (TPSA) is 154 Å². The first-order valence-corrected chi connectivity index (χ1v) is 13.0. The molecule has 218 valence electrons. The van der Waals surface area contributed by atoms with E-state index >= 15 is 0 Å². The summed E-state index contributed by atoms with van der Waals surface area (Å²) in [4.78, 5) is 61.3. The van der Waals surface area contributed by atoms with Crippen LogP contribution in [0.3, 0.4) is 0 Å². The molecule has 1 unspecified atom stereocenters. The van der Waals surface area contributed by atoms with Gasteiger partial charge >= 0.3 is 17.8 Å². The molecule has 0 aliphatic carbocycles. The van der Waals surface area contributed by atoms with Crippen LogP contribution in [0.1, 0.15) is 56.6 Å². The number of carbonyl (C=O) groups is 2. The van der Waals surface area contributed by atoms with Gasteiger partial charge in [0.1, 0.15) is 5.60 Å². The molecule has 0 saturated carbocycles. The molecular weight excluding hydrogens is 537 g/mol. The number of carboxylic acid groups (broad SMARTS) is 1. The van der Waals surface area contributed by atoms with Crippen LogP contribution in [0.15, 0.2) is 21.7 Å². The van der Waals surface area contributed by atoms with Crippen LogP contribution in [0, 0.1) is 17.8 Å². The number of halogens is 1. The Morgan fingerprint density at radius 1 is 1.22 bits per heavy atom. The van der Waals surface area contributed by atoms with E-state index in [1.165, 1.54) is 11.6 Å². The summed E-state index contributed by atoms with van der Waals surface area (Å²) in [6, 6.07) is 1.68. The first-order chi connectivity index (χ1) is 19.3. The molecule has 4 heterocycles. The first kappa shape index (κ1) is 29.3. The van der Waals surface area contributed by atoms with Crippen LogP contribution < -0.4 is 21.5 Å². The second-order valence-electron chi connectivity index (χ2n) is 10.7. The van der Waals surface area contributed by atoms with Gasteiger partial charge in [0.15, 0.2) is 11.2 Å². The Balaban J connectivity index is 1.79. The molecule has 1 aliphatic rings. The molecule has 2 N–H and O–H groups in total. The number of piperidine rings is 1. The van der Waals surface area contributed by atoms with E-state index in [-0.39, 0.29) is 35.0 Å². The van der Waals surface area contributed by atoms with Crippen LogP contribution in [0.25, 0.3) is 11.2 Å². The zero-order valence-corrected chi connectivity index (χ0v) is 23.5. The maximum absolute atomic E-state index is 13.9. The average Bonchev–Trinajstić information content (AvgIpc) is 3.27. The lowest BCUT2D eigenvalue weighted by atomic mass is 10.1. The van der Waals surface area contributed by atoms with E-state index in [0.717, 1.165) is 23.1 Å². The first-order valence-electron chi connectivity index (χ1n) is 13.0. The van der Waals surface area contributed by atoms with Gasteiger partial charge in [-0.05, 0) is 52.7 Å². The Bertz CT molecular complexity index is 1690. The third-order valence-electron chi connectivity index (χ3n) is 6.53. The van der Waals surface area contributed by atoms with E-state index in [4.69, 9.17) is 4.74 Å². The van der Waals surface area contributed by atoms with Crippen LogP contribution in [-0.4, -0.2) is 65.6 Å². The molecule has 1 aliphatic heterocycles. The lowest BCUT2D eigenvalue weighted by Crippen LogP contribution is -2.49. The number of anilines is 1. The lowest BCUT2D eigenvalue weighted by Gasteiger charge is -2.34. The standard InChI is InChI=1S/C27H32FN7O6/c1-6-7-13-34-20-21(31-24(34)33-12-8-9-16(14-33)29-25(39)41-27(2,3)4)32(5)26(40)35(22(20)36)15-18-17(23(37)38)10-11-19(28)30-18/h10-11,16H,8-9,12-15H2,1-5H3,(H,29,39)(H,37,38). The molecule has 1 amide bonds. The molecule has 13 nitrogen and oxygen atoms in total. The molecule has 3 aromatic rings. The van der Waals surface area contributed by atoms with Gasteiger partial charge in [-0.25, -0.2) is 19.4 Å². The Morgan fingerprint density at radius 2 is 1.95 bits per heavy atom. The number of alkyl carbamates (subject to hydrolysis) is 1. The van der Waals surface area contributed by atoms with E-state index in [2.05, 4.69) is 27.1 Å². The number of hydrogen-bond acceptors (Lipinski definition) is 8. The number of pyridine rings is 1. The van der Waals surface area contributed by atoms with Crippen molar-refractivity contribution in [2.24, 2.45) is 7.05 Å². The minimum atomic E-state index is -1.37. The highest BCUT2D eigenvalue weighted by atomic mass is 19.1. The normalized spacial score (nSPS) is 15.4. The van der Waals surface area contributed by atoms with Crippen molar-refractivity contribution >= 4 is 29.2 Å². The van der Waals surface area contributed by atoms with Gasteiger partial charge in [-0.2, -0.15) is 9.37 Å². The highest BCUT2D eigenvalue weighted by Gasteiger charge is 2.29. The van der Waals surface area contributed by atoms with Gasteiger partial charge < -0.3 is 20.1 Å². The molecule has 1 fully saturated rings. The number of carbonyl (C=O) groups excluding carboxylic acids is 1. The second-order valence-corrected chi connectivity index (χ2v) is 10.7. The van der Waals surface area contributed by atoms with E-state index < -0.39 is 41.4 Å². The fourth-order valence-electron chi connectivity index (χ4n) is 4.74. The van der Waals surface area contributed by atoms with Crippen molar-refractivity contribution in [2.45, 2.75) is 65.3 Å². The van der Waals surface area contributed by atoms with Gasteiger partial charge in [-0.15, -0.1) is 5.92 Å². The molecule has 4 rings (SSSR count). The highest BCUT2D eigenvalue weighted by Crippen LogP contribution is 2.24. The van der Waals surface area contributed by atoms with Gasteiger partial charge in [-0.3, -0.25) is 18.5 Å². The summed E-state index contributed by atoms with van der Waals surface area (Å²) in [7, 11) is 1.44. The molecule has 0 aromatic carbocycles. The largest absolute Gasteiger partial charge is 0.478 e. The van der Waals surface area contributed by atoms with Crippen molar-refractivity contribution < 1.29 is 23.8 Å². The van der Waals surface area contributed by atoms with Crippen molar-refractivity contribution in [3.8, 4) is 11.8 Å². The Kier molecular flexibility index (Phi) is 8.18. The number of hydrogen-bond donors (Lipinski definition) is 2. The van der Waals surface area contributed by atoms with Crippen LogP contribution in [0.4, 0.5) is 15.1 Å². The summed E-state index contributed by atoms with van der Waals surface area (Å²) in [6.45, 7) is 7.45. The Hall–Kier alpha value is -4.67. The Labute approximate surface area is 234 Å². The van der Waals surface area contributed by atoms with E-state index in [9.17, 15) is 28.7 Å². The SMILES string of the molecule is CC#CCn1c(N2CCCC(NC(=O)OC(C)(C)C)C2)nc2c1c(=O)n(Cc1nc(F)ccc1C(=O)O)c(=O)n2C. The van der Waals surface area contributed by atoms with Crippen molar-refractivity contribution in [3.63, 3.8) is 0 Å². The van der Waals surface area contributed by atoms with Crippen molar-refractivity contribution in [2.75, 3.05) is 18.0 Å². The van der Waals surface area contributed by atoms with Crippen LogP contribution >= 0.6 is 0 Å². The summed E-state index contributed by atoms with van der Waals surface area (Å²) >= 11 is 0. The van der Waals surface area contributed by atoms with Gasteiger partial charge in [-0.1, -0.05) is 5.92 Å². The highest BCUT2D eigenvalue weighted by molar-refractivity contribution is 5.88. The number of aryl methyl sites for hydroxylation is 1. The van der Waals surface area contributed by atoms with Crippen molar-refractivity contribution in [1.29, 1.82) is 0 Å². The van der Waals surface area contributed by atoms with Crippen LogP contribution in [-0.2, 0) is 24.9 Å². The predicted octanol–water partition coefficient (Wildman–Crippen LogP) is 1.69. The van der Waals surface area contributed by atoms with E-state index in [0.29, 0.717) is 25.5 Å². The number of ether oxygens (including phenoxy) is 1. The van der Waals surface area contributed by atoms with Gasteiger partial charge in [0.05, 0.1) is 24.3 Å². The molecule has 14 heteroatoms. The average molecular weight is 570 g/mol. The molecule has 41 heavy (non-hydrogen) atoms. The van der Waals surface area contributed by atoms with E-state index in [1.807, 2.05) is 4.90 Å². The third-order valence-corrected chi connectivity index (χ3v) is 6.53. The van der Waals surface area contributed by atoms with Gasteiger partial charge in [0.2, 0.25) is 11.9 Å². The number of nitrogens with one attached hydrogen (secondary N) is 1. The summed E-state index contributed by atoms with van der Waals surface area (Å²) < 4.78 is 22.9. The molecule has 0 spiro atoms. The molecule has 1 saturated heterocycles. The van der Waals surface area contributed by atoms with Crippen LogP contribution in [0.2, 0.25) is 0 Å². The van der Waals surface area contributed by atoms with E-state index in [1.54, 1.807) is 32.3 Å². The van der Waals surface area contributed by atoms with Gasteiger partial charge in [0.25, 0.3) is 5.56 Å². The smallest absolute Gasteiger partial charge is 0.407 e. The predicted molar refractivity (Wildman–Crippen MR) is 148 cm³/mol. The number of nitrogens with zero attached hydrogens (tertiary/aromatic N) is 6. The molecule has 1 atom stereocenters. The summed E-state index contributed by atoms with van der Waals surface area (Å²) in [5, 5.41) is 12.4. The zero-order chi connectivity index (χ0) is 30.1. The monoisotopic (exact) mass is 569 g/mol. The van der Waals surface area contributed by atoms with Gasteiger partial charge in [0, 0.05) is 26.2 Å². The molecule has 3 aromatic heterocycles. The zero-order valence-electron chi connectivity index (χ0n) is 23.5. The fraction of sp³-hybridized carbons (Fsp3) is 0.481. The maximum Gasteiger partial charge on any atom is 0.407 e. The Morgan fingerprint density at radius 3 is 2.61 bits per heavy atom. The number of fused-ring (bicyclic) bond motifs is 1. The van der Waals surface area contributed by atoms with Crippen LogP contribution in [0.5, 0.6) is 0 Å². The molecular formula is C27H32FN7O6. The molecule has 0 radical (unpaired) electrons. The third kappa shape index (κ3) is 6.24. The minimum Gasteiger partial charge on any atom is -0.478 e. The number of carboxylic acids is 1. The number of rotatable bonds is 6. The lowest BCUT2D eigenvalue weighted by molar-refractivity contribution is 0.0499. The summed E-state index contributed by atoms with van der Waals surface area (Å²) in [6.07, 6.45) is 0.893. The number of aromatic carboxylic acids is 1. The number of aromatic nitrogens is 5. The fourth-order valence-corrected chi connectivity index (χ4v) is 4.74. The summed E-state index contributed by atoms with van der Waals surface area (Å²) in [5.41, 5.74) is -2.60. The van der Waals surface area contributed by atoms with Crippen molar-refractivity contribution in [3.05, 3.63) is 50.2 Å². The minimum absolute atomic E-state index is 0.0698. The number of imidazole rings is 1. The second kappa shape index (κ2) is 11.4. The quantitative estimate of drug-likeness (QED) is 0.334. The molecule has 0 bridgehead atoms. The van der Waals surface area contributed by atoms with Crippen molar-refractivity contribution in [1.82, 2.24) is 29.0 Å². The number of amides is 1. The summed E-state index contributed by atoms with van der Waals surface area (Å²) in [5.74, 6) is 3.81.